The molecule has 0 aromatic heterocycles. The molecule has 178 valence electrons. The van der Waals surface area contributed by atoms with Crippen LogP contribution in [0.15, 0.2) is 77.7 Å². The van der Waals surface area contributed by atoms with Gasteiger partial charge in [-0.2, -0.15) is 0 Å². The lowest BCUT2D eigenvalue weighted by Crippen LogP contribution is -2.26. The second kappa shape index (κ2) is 12.0. The maximum absolute atomic E-state index is 11.3. The molecule has 0 saturated carbocycles. The van der Waals surface area contributed by atoms with Crippen LogP contribution in [0, 0.1) is 0 Å². The van der Waals surface area contributed by atoms with Gasteiger partial charge < -0.3 is 19.3 Å². The molecule has 0 radical (unpaired) electrons. The molecule has 1 N–H and O–H groups in total. The minimum absolute atomic E-state index is 0.339. The van der Waals surface area contributed by atoms with Crippen LogP contribution >= 0.6 is 11.8 Å². The Kier molecular flexibility index (Phi) is 8.50. The van der Waals surface area contributed by atoms with Crippen LogP contribution in [0.4, 0.5) is 0 Å². The molecular weight excluding hydrogens is 448 g/mol. The van der Waals surface area contributed by atoms with Crippen molar-refractivity contribution in [1.29, 1.82) is 0 Å². The number of rotatable bonds is 11. The first-order valence-corrected chi connectivity index (χ1v) is 12.6. The molecule has 0 aliphatic carbocycles. The number of thioether (sulfide) groups is 1. The van der Waals surface area contributed by atoms with Gasteiger partial charge in [-0.25, -0.2) is 4.79 Å². The van der Waals surface area contributed by atoms with Gasteiger partial charge in [0, 0.05) is 23.8 Å². The third-order valence-electron chi connectivity index (χ3n) is 5.72. The summed E-state index contributed by atoms with van der Waals surface area (Å²) in [5, 5.41) is 9.58. The molecule has 0 amide bonds. The Morgan fingerprint density at radius 3 is 2.50 bits per heavy atom. The second-order valence-electron chi connectivity index (χ2n) is 8.17. The Morgan fingerprint density at radius 1 is 1.00 bits per heavy atom. The average molecular weight is 479 g/mol. The van der Waals surface area contributed by atoms with Crippen LogP contribution < -0.4 is 9.47 Å². The van der Waals surface area contributed by atoms with Crippen molar-refractivity contribution in [3.63, 3.8) is 0 Å². The van der Waals surface area contributed by atoms with E-state index in [-0.39, 0.29) is 0 Å². The molecular formula is C28H30O5S. The minimum atomic E-state index is -0.938. The highest BCUT2D eigenvalue weighted by molar-refractivity contribution is 7.99. The Labute approximate surface area is 205 Å². The Hall–Kier alpha value is -2.96. The van der Waals surface area contributed by atoms with E-state index in [9.17, 15) is 9.90 Å². The quantitative estimate of drug-likeness (QED) is 0.302. The van der Waals surface area contributed by atoms with Gasteiger partial charge in [-0.15, -0.1) is 11.8 Å². The Morgan fingerprint density at radius 2 is 1.74 bits per heavy atom. The standard InChI is InChI=1S/C28H30O5S/c1-2-31-25(28(29)30)19-20-14-16-21(17-15-20)32-18-8-7-12-26-22-9-3-4-10-23(22)33-24-11-5-6-13-27(24)34-26/h3-6,9-11,13-17,25-26H,2,7-8,12,18-19H2,1H3,(H,29,30). The van der Waals surface area contributed by atoms with E-state index < -0.39 is 12.1 Å². The van der Waals surface area contributed by atoms with Crippen molar-refractivity contribution in [3.8, 4) is 17.2 Å². The lowest BCUT2D eigenvalue weighted by Gasteiger charge is -2.16. The summed E-state index contributed by atoms with van der Waals surface area (Å²) in [7, 11) is 0. The Balaban J connectivity index is 1.26. The molecule has 0 fully saturated rings. The molecule has 1 aliphatic rings. The minimum Gasteiger partial charge on any atom is -0.494 e. The van der Waals surface area contributed by atoms with Crippen LogP contribution in [0.3, 0.4) is 0 Å². The molecule has 0 saturated heterocycles. The lowest BCUT2D eigenvalue weighted by molar-refractivity contribution is -0.149. The van der Waals surface area contributed by atoms with E-state index in [4.69, 9.17) is 14.2 Å². The number of fused-ring (bicyclic) bond motifs is 2. The fourth-order valence-corrected chi connectivity index (χ4v) is 5.29. The number of carboxylic acid groups (broad SMARTS) is 1. The summed E-state index contributed by atoms with van der Waals surface area (Å²) in [5.41, 5.74) is 2.16. The van der Waals surface area contributed by atoms with E-state index in [1.165, 1.54) is 10.5 Å². The average Bonchev–Trinajstić information content (AvgIpc) is 3.01. The van der Waals surface area contributed by atoms with Crippen molar-refractivity contribution < 1.29 is 24.1 Å². The summed E-state index contributed by atoms with van der Waals surface area (Å²) >= 11 is 1.87. The fraction of sp³-hybridized carbons (Fsp3) is 0.321. The molecule has 2 unspecified atom stereocenters. The predicted molar refractivity (Wildman–Crippen MR) is 134 cm³/mol. The highest BCUT2D eigenvalue weighted by Gasteiger charge is 2.23. The SMILES string of the molecule is CCOC(Cc1ccc(OCCCCC2Sc3ccccc3Oc3ccccc32)cc1)C(=O)O. The van der Waals surface area contributed by atoms with E-state index in [2.05, 4.69) is 24.3 Å². The van der Waals surface area contributed by atoms with Gasteiger partial charge in [0.25, 0.3) is 0 Å². The first kappa shape index (κ1) is 24.2. The van der Waals surface area contributed by atoms with Gasteiger partial charge in [0.05, 0.1) is 11.5 Å². The molecule has 0 bridgehead atoms. The van der Waals surface area contributed by atoms with Gasteiger partial charge >= 0.3 is 5.97 Å². The largest absolute Gasteiger partial charge is 0.494 e. The summed E-state index contributed by atoms with van der Waals surface area (Å²) < 4.78 is 17.4. The number of benzene rings is 3. The van der Waals surface area contributed by atoms with Crippen molar-refractivity contribution in [2.75, 3.05) is 13.2 Å². The summed E-state index contributed by atoms with van der Waals surface area (Å²) in [6, 6.07) is 24.1. The number of carboxylic acids is 1. The lowest BCUT2D eigenvalue weighted by atomic mass is 10.1. The van der Waals surface area contributed by atoms with Gasteiger partial charge in [0.2, 0.25) is 0 Å². The smallest absolute Gasteiger partial charge is 0.333 e. The first-order valence-electron chi connectivity index (χ1n) is 11.7. The van der Waals surface area contributed by atoms with Crippen molar-refractivity contribution in [2.24, 2.45) is 0 Å². The number of carbonyl (C=O) groups is 1. The molecule has 6 heteroatoms. The van der Waals surface area contributed by atoms with Crippen LogP contribution in [0.1, 0.15) is 42.6 Å². The number of ether oxygens (including phenoxy) is 3. The number of unbranched alkanes of at least 4 members (excludes halogenated alkanes) is 1. The summed E-state index contributed by atoms with van der Waals surface area (Å²) in [5.74, 6) is 1.72. The molecule has 3 aromatic carbocycles. The van der Waals surface area contributed by atoms with Crippen molar-refractivity contribution in [1.82, 2.24) is 0 Å². The maximum Gasteiger partial charge on any atom is 0.333 e. The molecule has 1 aliphatic heterocycles. The molecule has 4 rings (SSSR count). The summed E-state index contributed by atoms with van der Waals surface area (Å²) in [6.45, 7) is 2.82. The number of hydrogen-bond acceptors (Lipinski definition) is 5. The van der Waals surface area contributed by atoms with E-state index >= 15 is 0 Å². The molecule has 0 spiro atoms. The third-order valence-corrected chi connectivity index (χ3v) is 7.09. The van der Waals surface area contributed by atoms with E-state index in [1.54, 1.807) is 6.92 Å². The van der Waals surface area contributed by atoms with E-state index in [1.807, 2.05) is 60.3 Å². The fourth-order valence-electron chi connectivity index (χ4n) is 4.00. The maximum atomic E-state index is 11.3. The van der Waals surface area contributed by atoms with Gasteiger partial charge in [-0.3, -0.25) is 0 Å². The van der Waals surface area contributed by atoms with Crippen LogP contribution in [-0.2, 0) is 16.0 Å². The van der Waals surface area contributed by atoms with Crippen molar-refractivity contribution >= 4 is 17.7 Å². The van der Waals surface area contributed by atoms with E-state index in [0.717, 1.165) is 42.1 Å². The third kappa shape index (κ3) is 6.33. The number of para-hydroxylation sites is 2. The van der Waals surface area contributed by atoms with Crippen LogP contribution in [0.2, 0.25) is 0 Å². The number of aliphatic carboxylic acids is 1. The van der Waals surface area contributed by atoms with Crippen molar-refractivity contribution in [3.05, 3.63) is 83.9 Å². The van der Waals surface area contributed by atoms with Crippen LogP contribution in [0.25, 0.3) is 0 Å². The van der Waals surface area contributed by atoms with E-state index in [0.29, 0.717) is 24.9 Å². The summed E-state index contributed by atoms with van der Waals surface area (Å²) in [4.78, 5) is 12.4. The highest BCUT2D eigenvalue weighted by atomic mass is 32.2. The van der Waals surface area contributed by atoms with Crippen molar-refractivity contribution in [2.45, 2.75) is 48.9 Å². The second-order valence-corrected chi connectivity index (χ2v) is 9.41. The van der Waals surface area contributed by atoms with Gasteiger partial charge in [0.15, 0.2) is 6.10 Å². The predicted octanol–water partition coefficient (Wildman–Crippen LogP) is 6.91. The van der Waals surface area contributed by atoms with Gasteiger partial charge in [-0.1, -0.05) is 42.5 Å². The molecule has 2 atom stereocenters. The topological polar surface area (TPSA) is 65.0 Å². The van der Waals surface area contributed by atoms with Gasteiger partial charge in [-0.05, 0) is 62.1 Å². The highest BCUT2D eigenvalue weighted by Crippen LogP contribution is 2.49. The first-order chi connectivity index (χ1) is 16.6. The molecule has 5 nitrogen and oxygen atoms in total. The zero-order chi connectivity index (χ0) is 23.8. The molecule has 1 heterocycles. The van der Waals surface area contributed by atoms with Gasteiger partial charge in [0.1, 0.15) is 17.2 Å². The monoisotopic (exact) mass is 478 g/mol. The van der Waals surface area contributed by atoms with Crippen LogP contribution in [-0.4, -0.2) is 30.4 Å². The molecule has 3 aromatic rings. The summed E-state index contributed by atoms with van der Waals surface area (Å²) in [6.07, 6.45) is 2.56. The zero-order valence-electron chi connectivity index (χ0n) is 19.3. The van der Waals surface area contributed by atoms with Crippen LogP contribution in [0.5, 0.6) is 17.2 Å². The number of hydrogen-bond donors (Lipinski definition) is 1. The zero-order valence-corrected chi connectivity index (χ0v) is 20.1. The molecule has 34 heavy (non-hydrogen) atoms. The Bertz CT molecular complexity index is 1080. The normalized spacial score (nSPS) is 15.4.